The van der Waals surface area contributed by atoms with Crippen LogP contribution in [0.25, 0.3) is 27.5 Å². The highest BCUT2D eigenvalue weighted by molar-refractivity contribution is 7.18. The highest BCUT2D eigenvalue weighted by atomic mass is 32.1. The molecule has 2 fully saturated rings. The number of nitriles is 1. The molecule has 9 nitrogen and oxygen atoms in total. The summed E-state index contributed by atoms with van der Waals surface area (Å²) in [6, 6.07) is 11.1. The van der Waals surface area contributed by atoms with E-state index in [4.69, 9.17) is 10.2 Å². The van der Waals surface area contributed by atoms with Gasteiger partial charge in [-0.25, -0.2) is 4.52 Å². The van der Waals surface area contributed by atoms with Crippen molar-refractivity contribution in [1.29, 1.82) is 5.26 Å². The minimum atomic E-state index is 0.534. The molecule has 33 heavy (non-hydrogen) atoms. The zero-order chi connectivity index (χ0) is 22.5. The van der Waals surface area contributed by atoms with Crippen molar-refractivity contribution in [2.75, 3.05) is 37.4 Å². The molecule has 0 spiro atoms. The number of nitrogens with zero attached hydrogens (tertiary/aromatic N) is 8. The molecule has 1 N–H and O–H groups in total. The number of aromatic nitrogens is 5. The fourth-order valence-electron chi connectivity index (χ4n) is 4.95. The summed E-state index contributed by atoms with van der Waals surface area (Å²) in [4.78, 5) is 9.62. The number of hydrogen-bond acceptors (Lipinski definition) is 9. The molecule has 4 aromatic rings. The smallest absolute Gasteiger partial charge is 0.208 e. The standard InChI is InChI=1S/C23H23N9S/c1-25-19-8-20(21-6-5-15-7-14(9-24)10-27-32(15)21)26-11-18(19)22-28-29-23(33-22)31-12-16-3-4-17(13-31)30(16)2/h5-8,10-11,16-17H,3-4,12-13H2,1-2H3,(H,25,26). The summed E-state index contributed by atoms with van der Waals surface area (Å²) >= 11 is 1.62. The zero-order valence-electron chi connectivity index (χ0n) is 18.4. The van der Waals surface area contributed by atoms with Crippen molar-refractivity contribution in [3.05, 3.63) is 42.2 Å². The number of nitrogens with one attached hydrogen (secondary N) is 1. The lowest BCUT2D eigenvalue weighted by molar-refractivity contribution is 0.212. The Kier molecular flexibility index (Phi) is 4.74. The maximum Gasteiger partial charge on any atom is 0.208 e. The second kappa shape index (κ2) is 7.79. The number of pyridine rings is 1. The van der Waals surface area contributed by atoms with E-state index in [1.165, 1.54) is 12.8 Å². The summed E-state index contributed by atoms with van der Waals surface area (Å²) in [7, 11) is 4.14. The average molecular weight is 458 g/mol. The normalized spacial score (nSPS) is 20.3. The van der Waals surface area contributed by atoms with Crippen LogP contribution in [0.15, 0.2) is 36.7 Å². The van der Waals surface area contributed by atoms with Gasteiger partial charge in [0, 0.05) is 44.1 Å². The fraction of sp³-hybridized carbons (Fsp3) is 0.348. The van der Waals surface area contributed by atoms with Gasteiger partial charge in [0.2, 0.25) is 5.13 Å². The van der Waals surface area contributed by atoms with Crippen molar-refractivity contribution in [2.24, 2.45) is 0 Å². The van der Waals surface area contributed by atoms with Crippen LogP contribution in [-0.2, 0) is 0 Å². The molecule has 2 aliphatic rings. The maximum atomic E-state index is 9.12. The Morgan fingerprint density at radius 3 is 2.70 bits per heavy atom. The van der Waals surface area contributed by atoms with Crippen LogP contribution in [0.3, 0.4) is 0 Å². The molecule has 166 valence electrons. The minimum Gasteiger partial charge on any atom is -0.387 e. The average Bonchev–Trinajstić information content (AvgIpc) is 3.54. The predicted octanol–water partition coefficient (Wildman–Crippen LogP) is 3.11. The topological polar surface area (TPSA) is 98.3 Å². The molecule has 6 heterocycles. The second-order valence-electron chi connectivity index (χ2n) is 8.62. The van der Waals surface area contributed by atoms with Gasteiger partial charge in [0.1, 0.15) is 6.07 Å². The Morgan fingerprint density at radius 1 is 1.12 bits per heavy atom. The summed E-state index contributed by atoms with van der Waals surface area (Å²) < 4.78 is 1.80. The van der Waals surface area contributed by atoms with Crippen LogP contribution in [0.1, 0.15) is 18.4 Å². The third kappa shape index (κ3) is 3.32. The quantitative estimate of drug-likeness (QED) is 0.499. The molecule has 0 radical (unpaired) electrons. The Labute approximate surface area is 195 Å². The molecule has 4 aromatic heterocycles. The minimum absolute atomic E-state index is 0.534. The van der Waals surface area contributed by atoms with Gasteiger partial charge >= 0.3 is 0 Å². The van der Waals surface area contributed by atoms with E-state index < -0.39 is 0 Å². The van der Waals surface area contributed by atoms with Gasteiger partial charge in [-0.1, -0.05) is 11.3 Å². The van der Waals surface area contributed by atoms with Gasteiger partial charge in [-0.05, 0) is 44.2 Å². The summed E-state index contributed by atoms with van der Waals surface area (Å²) in [5.74, 6) is 0. The van der Waals surface area contributed by atoms with Gasteiger partial charge in [0.25, 0.3) is 0 Å². The van der Waals surface area contributed by atoms with Gasteiger partial charge < -0.3 is 10.2 Å². The van der Waals surface area contributed by atoms with Crippen LogP contribution in [0.2, 0.25) is 0 Å². The Bertz CT molecular complexity index is 1370. The first kappa shape index (κ1) is 20.1. The van der Waals surface area contributed by atoms with Crippen LogP contribution < -0.4 is 10.2 Å². The molecule has 2 aliphatic heterocycles. The van der Waals surface area contributed by atoms with Gasteiger partial charge in [0.15, 0.2) is 5.01 Å². The van der Waals surface area contributed by atoms with E-state index in [-0.39, 0.29) is 0 Å². The lowest BCUT2D eigenvalue weighted by atomic mass is 10.2. The van der Waals surface area contributed by atoms with Gasteiger partial charge in [-0.3, -0.25) is 9.88 Å². The first-order chi connectivity index (χ1) is 16.1. The van der Waals surface area contributed by atoms with Gasteiger partial charge in [-0.2, -0.15) is 10.4 Å². The lowest BCUT2D eigenvalue weighted by Gasteiger charge is -2.38. The zero-order valence-corrected chi connectivity index (χ0v) is 19.2. The Balaban J connectivity index is 1.31. The van der Waals surface area contributed by atoms with Crippen LogP contribution in [0.5, 0.6) is 0 Å². The van der Waals surface area contributed by atoms with E-state index in [0.29, 0.717) is 17.6 Å². The maximum absolute atomic E-state index is 9.12. The molecule has 2 unspecified atom stereocenters. The van der Waals surface area contributed by atoms with E-state index in [2.05, 4.69) is 43.5 Å². The van der Waals surface area contributed by atoms with E-state index in [0.717, 1.165) is 51.4 Å². The molecule has 2 atom stereocenters. The Morgan fingerprint density at radius 2 is 1.94 bits per heavy atom. The summed E-state index contributed by atoms with van der Waals surface area (Å²) in [5, 5.41) is 27.7. The summed E-state index contributed by atoms with van der Waals surface area (Å²) in [6.07, 6.45) is 5.94. The van der Waals surface area contributed by atoms with Gasteiger partial charge in [-0.15, -0.1) is 10.2 Å². The first-order valence-corrected chi connectivity index (χ1v) is 11.8. The summed E-state index contributed by atoms with van der Waals surface area (Å²) in [6.45, 7) is 2.03. The van der Waals surface area contributed by atoms with Crippen molar-refractivity contribution in [1.82, 2.24) is 29.7 Å². The number of rotatable bonds is 4. The molecule has 0 amide bonds. The molecule has 0 aromatic carbocycles. The number of hydrogen-bond donors (Lipinski definition) is 1. The number of likely N-dealkylation sites (N-methyl/N-ethyl adjacent to an activating group) is 1. The van der Waals surface area contributed by atoms with Crippen molar-refractivity contribution in [3.63, 3.8) is 0 Å². The van der Waals surface area contributed by atoms with E-state index in [9.17, 15) is 0 Å². The molecule has 6 rings (SSSR count). The van der Waals surface area contributed by atoms with Crippen molar-refractivity contribution in [2.45, 2.75) is 24.9 Å². The lowest BCUT2D eigenvalue weighted by Crippen LogP contribution is -2.52. The van der Waals surface area contributed by atoms with Crippen LogP contribution in [-0.4, -0.2) is 69.0 Å². The molecule has 2 bridgehead atoms. The van der Waals surface area contributed by atoms with E-state index in [1.807, 2.05) is 37.5 Å². The molecule has 10 heteroatoms. The SMILES string of the molecule is CNc1cc(-c2ccc3cc(C#N)cnn23)ncc1-c1nnc(N2CC3CCC(C2)N3C)s1. The van der Waals surface area contributed by atoms with Crippen LogP contribution >= 0.6 is 11.3 Å². The van der Waals surface area contributed by atoms with E-state index >= 15 is 0 Å². The van der Waals surface area contributed by atoms with Crippen LogP contribution in [0.4, 0.5) is 10.8 Å². The monoisotopic (exact) mass is 457 g/mol. The van der Waals surface area contributed by atoms with Crippen LogP contribution in [0, 0.1) is 11.3 Å². The number of piperazine rings is 1. The Hall–Kier alpha value is -3.55. The number of fused-ring (bicyclic) bond motifs is 3. The molecular formula is C23H23N9S. The third-order valence-corrected chi connectivity index (χ3v) is 7.85. The van der Waals surface area contributed by atoms with Crippen molar-refractivity contribution >= 4 is 27.7 Å². The fourth-order valence-corrected chi connectivity index (χ4v) is 5.84. The molecule has 0 saturated carbocycles. The number of anilines is 2. The second-order valence-corrected chi connectivity index (χ2v) is 9.58. The van der Waals surface area contributed by atoms with Crippen molar-refractivity contribution < 1.29 is 0 Å². The molecule has 0 aliphatic carbocycles. The molecule has 2 saturated heterocycles. The summed E-state index contributed by atoms with van der Waals surface area (Å²) in [5.41, 5.74) is 4.92. The highest BCUT2D eigenvalue weighted by Gasteiger charge is 2.38. The van der Waals surface area contributed by atoms with E-state index in [1.54, 1.807) is 22.0 Å². The predicted molar refractivity (Wildman–Crippen MR) is 128 cm³/mol. The first-order valence-electron chi connectivity index (χ1n) is 11.0. The third-order valence-electron chi connectivity index (χ3n) is 6.83. The highest BCUT2D eigenvalue weighted by Crippen LogP contribution is 2.37. The van der Waals surface area contributed by atoms with Crippen molar-refractivity contribution in [3.8, 4) is 28.0 Å². The largest absolute Gasteiger partial charge is 0.387 e. The van der Waals surface area contributed by atoms with Gasteiger partial charge in [0.05, 0.1) is 34.2 Å². The molecular weight excluding hydrogens is 434 g/mol.